The van der Waals surface area contributed by atoms with E-state index in [2.05, 4.69) is 0 Å². The smallest absolute Gasteiger partial charge is 0.338 e. The fraction of sp³-hybridized carbons (Fsp3) is 0.353. The van der Waals surface area contributed by atoms with Crippen LogP contribution in [0.2, 0.25) is 0 Å². The van der Waals surface area contributed by atoms with E-state index in [1.54, 1.807) is 12.1 Å². The normalized spacial score (nSPS) is 22.8. The van der Waals surface area contributed by atoms with Gasteiger partial charge >= 0.3 is 11.9 Å². The number of fused-ring (bicyclic) bond motifs is 2. The van der Waals surface area contributed by atoms with Crippen molar-refractivity contribution in [2.45, 2.75) is 24.4 Å². The minimum atomic E-state index is -0.401. The molecule has 4 aliphatic heterocycles. The van der Waals surface area contributed by atoms with Gasteiger partial charge in [-0.25, -0.2) is 9.59 Å². The van der Waals surface area contributed by atoms with Crippen molar-refractivity contribution in [2.75, 3.05) is 52.9 Å². The standard InChI is InChI=1S/C34H30O10/c35-33(43-17-25-13-39-25)21-1-5-27-19(9-21)3-7-29(41-15-23-11-37-23)31(27)32-28-6-2-22(34(36)44-18-26-14-40-26)10-20(28)4-8-30(32)42-16-24-12-38-24/h1-10,23-26H,11-18H2. The number of benzene rings is 4. The van der Waals surface area contributed by atoms with E-state index in [0.29, 0.717) is 62.3 Å². The van der Waals surface area contributed by atoms with Crippen molar-refractivity contribution in [2.24, 2.45) is 0 Å². The van der Waals surface area contributed by atoms with Crippen LogP contribution in [-0.4, -0.2) is 89.2 Å². The first-order valence-electron chi connectivity index (χ1n) is 14.8. The van der Waals surface area contributed by atoms with E-state index in [-0.39, 0.29) is 37.6 Å². The maximum Gasteiger partial charge on any atom is 0.338 e. The minimum absolute atomic E-state index is 0.0124. The van der Waals surface area contributed by atoms with Crippen LogP contribution in [0.1, 0.15) is 20.7 Å². The van der Waals surface area contributed by atoms with Gasteiger partial charge in [0.1, 0.15) is 62.3 Å². The number of carbonyl (C=O) groups excluding carboxylic acids is 2. The molecule has 0 spiro atoms. The summed E-state index contributed by atoms with van der Waals surface area (Å²) >= 11 is 0. The van der Waals surface area contributed by atoms with E-state index >= 15 is 0 Å². The van der Waals surface area contributed by atoms with Crippen molar-refractivity contribution in [1.29, 1.82) is 0 Å². The fourth-order valence-corrected chi connectivity index (χ4v) is 5.16. The summed E-state index contributed by atoms with van der Waals surface area (Å²) in [5, 5.41) is 3.41. The van der Waals surface area contributed by atoms with Crippen LogP contribution >= 0.6 is 0 Å². The highest BCUT2D eigenvalue weighted by molar-refractivity contribution is 6.11. The molecule has 4 aromatic rings. The molecule has 0 amide bonds. The topological polar surface area (TPSA) is 121 Å². The highest BCUT2D eigenvalue weighted by Crippen LogP contribution is 2.46. The lowest BCUT2D eigenvalue weighted by Crippen LogP contribution is -2.10. The van der Waals surface area contributed by atoms with E-state index in [1.807, 2.05) is 48.5 Å². The molecular weight excluding hydrogens is 568 g/mol. The van der Waals surface area contributed by atoms with Crippen LogP contribution < -0.4 is 9.47 Å². The van der Waals surface area contributed by atoms with Crippen molar-refractivity contribution in [1.82, 2.24) is 0 Å². The summed E-state index contributed by atoms with van der Waals surface area (Å²) in [5.74, 6) is 0.507. The van der Waals surface area contributed by atoms with E-state index in [4.69, 9.17) is 37.9 Å². The van der Waals surface area contributed by atoms with E-state index in [0.717, 1.165) is 32.7 Å². The Morgan fingerprint density at radius 1 is 0.545 bits per heavy atom. The van der Waals surface area contributed by atoms with E-state index in [9.17, 15) is 9.59 Å². The lowest BCUT2D eigenvalue weighted by Gasteiger charge is -2.20. The molecular formula is C34H30O10. The third kappa shape index (κ3) is 6.07. The second kappa shape index (κ2) is 11.4. The van der Waals surface area contributed by atoms with E-state index < -0.39 is 11.9 Å². The fourth-order valence-electron chi connectivity index (χ4n) is 5.16. The van der Waals surface area contributed by atoms with Crippen LogP contribution in [0.5, 0.6) is 11.5 Å². The Labute approximate surface area is 252 Å². The van der Waals surface area contributed by atoms with Gasteiger partial charge in [-0.1, -0.05) is 24.3 Å². The van der Waals surface area contributed by atoms with Crippen LogP contribution in [-0.2, 0) is 28.4 Å². The zero-order valence-corrected chi connectivity index (χ0v) is 23.8. The van der Waals surface area contributed by atoms with Crippen LogP contribution in [0, 0.1) is 0 Å². The molecule has 0 N–H and O–H groups in total. The highest BCUT2D eigenvalue weighted by atomic mass is 16.6. The molecule has 0 saturated carbocycles. The Morgan fingerprint density at radius 2 is 0.932 bits per heavy atom. The Bertz CT molecular complexity index is 1620. The molecule has 226 valence electrons. The van der Waals surface area contributed by atoms with Gasteiger partial charge in [0.2, 0.25) is 0 Å². The zero-order chi connectivity index (χ0) is 29.6. The van der Waals surface area contributed by atoms with Gasteiger partial charge in [0.05, 0.1) is 37.6 Å². The maximum absolute atomic E-state index is 12.8. The van der Waals surface area contributed by atoms with Crippen molar-refractivity contribution in [3.8, 4) is 22.6 Å². The molecule has 10 heteroatoms. The van der Waals surface area contributed by atoms with Gasteiger partial charge in [-0.05, 0) is 57.9 Å². The lowest BCUT2D eigenvalue weighted by atomic mass is 9.91. The monoisotopic (exact) mass is 598 g/mol. The summed E-state index contributed by atoms with van der Waals surface area (Å²) in [4.78, 5) is 25.6. The molecule has 4 fully saturated rings. The molecule has 0 aromatic heterocycles. The van der Waals surface area contributed by atoms with Crippen molar-refractivity contribution in [3.63, 3.8) is 0 Å². The first-order chi connectivity index (χ1) is 21.6. The summed E-state index contributed by atoms with van der Waals surface area (Å²) in [6.07, 6.45) is 0.0788. The molecule has 4 heterocycles. The van der Waals surface area contributed by atoms with Crippen molar-refractivity contribution < 1.29 is 47.5 Å². The molecule has 0 radical (unpaired) electrons. The first-order valence-corrected chi connectivity index (χ1v) is 14.8. The lowest BCUT2D eigenvalue weighted by molar-refractivity contribution is 0.0469. The molecule has 4 atom stereocenters. The highest BCUT2D eigenvalue weighted by Gasteiger charge is 2.29. The summed E-state index contributed by atoms with van der Waals surface area (Å²) in [6, 6.07) is 18.7. The molecule has 4 aromatic carbocycles. The third-order valence-corrected chi connectivity index (χ3v) is 7.94. The molecule has 0 aliphatic carbocycles. The minimum Gasteiger partial charge on any atom is -0.490 e. The van der Waals surface area contributed by atoms with Gasteiger partial charge in [-0.2, -0.15) is 0 Å². The van der Waals surface area contributed by atoms with Crippen LogP contribution in [0.3, 0.4) is 0 Å². The Hall–Kier alpha value is -4.22. The quantitative estimate of drug-likeness (QED) is 0.162. The summed E-state index contributed by atoms with van der Waals surface area (Å²) in [7, 11) is 0. The number of carbonyl (C=O) groups is 2. The first kappa shape index (κ1) is 27.3. The average molecular weight is 599 g/mol. The summed E-state index contributed by atoms with van der Waals surface area (Å²) in [5.41, 5.74) is 2.52. The van der Waals surface area contributed by atoms with E-state index in [1.165, 1.54) is 0 Å². The number of epoxide rings is 4. The van der Waals surface area contributed by atoms with Gasteiger partial charge in [0, 0.05) is 11.1 Å². The van der Waals surface area contributed by atoms with Gasteiger partial charge in [-0.3, -0.25) is 0 Å². The number of hydrogen-bond donors (Lipinski definition) is 0. The molecule has 4 unspecified atom stereocenters. The molecule has 4 aliphatic rings. The number of esters is 2. The molecule has 0 bridgehead atoms. The zero-order valence-electron chi connectivity index (χ0n) is 23.8. The van der Waals surface area contributed by atoms with Crippen LogP contribution in [0.15, 0.2) is 60.7 Å². The summed E-state index contributed by atoms with van der Waals surface area (Å²) < 4.78 is 44.7. The Balaban J connectivity index is 1.23. The van der Waals surface area contributed by atoms with Gasteiger partial charge in [0.25, 0.3) is 0 Å². The third-order valence-electron chi connectivity index (χ3n) is 7.94. The Morgan fingerprint density at radius 3 is 1.32 bits per heavy atom. The van der Waals surface area contributed by atoms with Crippen molar-refractivity contribution >= 4 is 33.5 Å². The maximum atomic E-state index is 12.8. The molecule has 10 nitrogen and oxygen atoms in total. The molecule has 44 heavy (non-hydrogen) atoms. The predicted molar refractivity (Wildman–Crippen MR) is 157 cm³/mol. The number of hydrogen-bond acceptors (Lipinski definition) is 10. The largest absolute Gasteiger partial charge is 0.490 e. The molecule has 4 saturated heterocycles. The number of rotatable bonds is 13. The van der Waals surface area contributed by atoms with Crippen molar-refractivity contribution in [3.05, 3.63) is 71.8 Å². The van der Waals surface area contributed by atoms with Crippen LogP contribution in [0.4, 0.5) is 0 Å². The predicted octanol–water partition coefficient (Wildman–Crippen LogP) is 4.33. The van der Waals surface area contributed by atoms with Gasteiger partial charge in [-0.15, -0.1) is 0 Å². The second-order valence-electron chi connectivity index (χ2n) is 11.4. The summed E-state index contributed by atoms with van der Waals surface area (Å²) in [6.45, 7) is 3.85. The number of ether oxygens (including phenoxy) is 8. The Kier molecular flexibility index (Phi) is 7.06. The van der Waals surface area contributed by atoms with Gasteiger partial charge in [0.15, 0.2) is 0 Å². The average Bonchev–Trinajstić information content (AvgIpc) is 3.87. The second-order valence-corrected chi connectivity index (χ2v) is 11.4. The van der Waals surface area contributed by atoms with Gasteiger partial charge < -0.3 is 37.9 Å². The van der Waals surface area contributed by atoms with Crippen LogP contribution in [0.25, 0.3) is 32.7 Å². The SMILES string of the molecule is O=C(OCC1CO1)c1ccc2c(-c3c(OCC4CO4)ccc4cc(C(=O)OCC5CO5)ccc34)c(OCC3CO3)ccc2c1. The molecule has 8 rings (SSSR count).